The second-order valence-electron chi connectivity index (χ2n) is 5.25. The lowest BCUT2D eigenvalue weighted by Gasteiger charge is -2.26. The van der Waals surface area contributed by atoms with Crippen molar-refractivity contribution >= 4 is 34.5 Å². The number of carbonyl (C=O) groups excluding carboxylic acids is 1. The molecule has 4 nitrogen and oxygen atoms in total. The third-order valence-corrected chi connectivity index (χ3v) is 4.80. The highest BCUT2D eigenvalue weighted by Gasteiger charge is 2.22. The Morgan fingerprint density at radius 2 is 2.21 bits per heavy atom. The second-order valence-corrected chi connectivity index (χ2v) is 7.05. The van der Waals surface area contributed by atoms with Crippen LogP contribution in [0.2, 0.25) is 4.34 Å². The SMILES string of the molecule is C=CCN(Cc1ccc(Cl)s1)[C@@H](C)C(=O)Nc1ccccc1C#N. The maximum Gasteiger partial charge on any atom is 0.241 e. The van der Waals surface area contributed by atoms with Crippen LogP contribution in [-0.4, -0.2) is 23.4 Å². The lowest BCUT2D eigenvalue weighted by atomic mass is 10.1. The highest BCUT2D eigenvalue weighted by molar-refractivity contribution is 7.16. The number of para-hydroxylation sites is 1. The molecule has 0 radical (unpaired) electrons. The van der Waals surface area contributed by atoms with Crippen molar-refractivity contribution in [3.63, 3.8) is 0 Å². The number of anilines is 1. The number of nitrogens with one attached hydrogen (secondary N) is 1. The van der Waals surface area contributed by atoms with Gasteiger partial charge in [-0.25, -0.2) is 0 Å². The van der Waals surface area contributed by atoms with E-state index in [1.165, 1.54) is 11.3 Å². The number of halogens is 1. The molecule has 1 aromatic carbocycles. The first-order chi connectivity index (χ1) is 11.5. The highest BCUT2D eigenvalue weighted by atomic mass is 35.5. The lowest BCUT2D eigenvalue weighted by molar-refractivity contribution is -0.120. The van der Waals surface area contributed by atoms with Gasteiger partial charge in [0.25, 0.3) is 0 Å². The Labute approximate surface area is 151 Å². The van der Waals surface area contributed by atoms with Crippen molar-refractivity contribution in [2.45, 2.75) is 19.5 Å². The molecule has 1 heterocycles. The minimum atomic E-state index is -0.379. The van der Waals surface area contributed by atoms with Crippen molar-refractivity contribution in [1.29, 1.82) is 5.26 Å². The summed E-state index contributed by atoms with van der Waals surface area (Å²) < 4.78 is 0.726. The molecule has 1 amide bonds. The van der Waals surface area contributed by atoms with E-state index in [-0.39, 0.29) is 11.9 Å². The molecule has 0 aliphatic carbocycles. The summed E-state index contributed by atoms with van der Waals surface area (Å²) in [7, 11) is 0. The van der Waals surface area contributed by atoms with E-state index >= 15 is 0 Å². The average Bonchev–Trinajstić information content (AvgIpc) is 2.99. The molecular weight excluding hydrogens is 342 g/mol. The van der Waals surface area contributed by atoms with Gasteiger partial charge in [0.05, 0.1) is 21.6 Å². The number of thiophene rings is 1. The molecule has 0 saturated carbocycles. The molecule has 0 aliphatic heterocycles. The first-order valence-electron chi connectivity index (χ1n) is 7.44. The predicted octanol–water partition coefficient (Wildman–Crippen LogP) is 4.29. The van der Waals surface area contributed by atoms with Gasteiger partial charge in [-0.15, -0.1) is 17.9 Å². The zero-order valence-electron chi connectivity index (χ0n) is 13.3. The maximum atomic E-state index is 12.6. The topological polar surface area (TPSA) is 56.1 Å². The number of amides is 1. The Kier molecular flexibility index (Phi) is 6.56. The van der Waals surface area contributed by atoms with Gasteiger partial charge in [0, 0.05) is 18.0 Å². The van der Waals surface area contributed by atoms with Gasteiger partial charge < -0.3 is 5.32 Å². The Bertz CT molecular complexity index is 766. The number of rotatable bonds is 7. The molecule has 2 aromatic rings. The molecule has 0 fully saturated rings. The number of nitrogens with zero attached hydrogens (tertiary/aromatic N) is 2. The summed E-state index contributed by atoms with van der Waals surface area (Å²) in [4.78, 5) is 15.7. The van der Waals surface area contributed by atoms with E-state index < -0.39 is 0 Å². The fourth-order valence-corrected chi connectivity index (χ4v) is 3.37. The molecule has 0 saturated heterocycles. The minimum absolute atomic E-state index is 0.165. The molecule has 2 rings (SSSR count). The Hall–Kier alpha value is -2.13. The summed E-state index contributed by atoms with van der Waals surface area (Å²) in [6.45, 7) is 6.78. The molecular formula is C18H18ClN3OS. The third kappa shape index (κ3) is 4.68. The third-order valence-electron chi connectivity index (χ3n) is 3.58. The van der Waals surface area contributed by atoms with E-state index in [4.69, 9.17) is 16.9 Å². The van der Waals surface area contributed by atoms with Crippen molar-refractivity contribution in [2.24, 2.45) is 0 Å². The standard InChI is InChI=1S/C18H18ClN3OS/c1-3-10-22(12-15-8-9-17(19)24-15)13(2)18(23)21-16-7-5-4-6-14(16)11-20/h3-9,13H,1,10,12H2,2H3,(H,21,23)/t13-/m0/s1. The zero-order valence-corrected chi connectivity index (χ0v) is 14.9. The predicted molar refractivity (Wildman–Crippen MR) is 99.2 cm³/mol. The van der Waals surface area contributed by atoms with Crippen LogP contribution in [0.4, 0.5) is 5.69 Å². The lowest BCUT2D eigenvalue weighted by Crippen LogP contribution is -2.41. The van der Waals surface area contributed by atoms with Crippen LogP contribution in [0.1, 0.15) is 17.4 Å². The van der Waals surface area contributed by atoms with Gasteiger partial charge in [0.15, 0.2) is 0 Å². The second kappa shape index (κ2) is 8.65. The van der Waals surface area contributed by atoms with Gasteiger partial charge in [0.1, 0.15) is 6.07 Å². The molecule has 124 valence electrons. The minimum Gasteiger partial charge on any atom is -0.324 e. The van der Waals surface area contributed by atoms with Crippen LogP contribution in [-0.2, 0) is 11.3 Å². The Balaban J connectivity index is 2.10. The van der Waals surface area contributed by atoms with Gasteiger partial charge in [-0.05, 0) is 31.2 Å². The Morgan fingerprint density at radius 1 is 1.46 bits per heavy atom. The first-order valence-corrected chi connectivity index (χ1v) is 8.63. The molecule has 0 aliphatic rings. The summed E-state index contributed by atoms with van der Waals surface area (Å²) in [5, 5.41) is 12.0. The van der Waals surface area contributed by atoms with E-state index in [1.807, 2.05) is 24.0 Å². The number of carbonyl (C=O) groups is 1. The van der Waals surface area contributed by atoms with Crippen LogP contribution in [0.25, 0.3) is 0 Å². The molecule has 6 heteroatoms. The van der Waals surface area contributed by atoms with Gasteiger partial charge in [-0.2, -0.15) is 5.26 Å². The fraction of sp³-hybridized carbons (Fsp3) is 0.222. The largest absolute Gasteiger partial charge is 0.324 e. The molecule has 24 heavy (non-hydrogen) atoms. The normalized spacial score (nSPS) is 11.8. The van der Waals surface area contributed by atoms with Crippen molar-refractivity contribution < 1.29 is 4.79 Å². The molecule has 1 N–H and O–H groups in total. The van der Waals surface area contributed by atoms with Crippen LogP contribution in [0.3, 0.4) is 0 Å². The average molecular weight is 360 g/mol. The zero-order chi connectivity index (χ0) is 17.5. The fourth-order valence-electron chi connectivity index (χ4n) is 2.25. The smallest absolute Gasteiger partial charge is 0.241 e. The van der Waals surface area contributed by atoms with E-state index in [2.05, 4.69) is 18.0 Å². The van der Waals surface area contributed by atoms with E-state index in [1.54, 1.807) is 30.3 Å². The monoisotopic (exact) mass is 359 g/mol. The number of hydrogen-bond acceptors (Lipinski definition) is 4. The van der Waals surface area contributed by atoms with Crippen molar-refractivity contribution in [3.8, 4) is 6.07 Å². The summed E-state index contributed by atoms with van der Waals surface area (Å²) in [6.07, 6.45) is 1.77. The Morgan fingerprint density at radius 3 is 2.83 bits per heavy atom. The highest BCUT2D eigenvalue weighted by Crippen LogP contribution is 2.23. The molecule has 0 unspecified atom stereocenters. The molecule has 1 aromatic heterocycles. The number of benzene rings is 1. The number of nitriles is 1. The summed E-state index contributed by atoms with van der Waals surface area (Å²) in [5.41, 5.74) is 0.966. The van der Waals surface area contributed by atoms with E-state index in [0.717, 1.165) is 9.21 Å². The van der Waals surface area contributed by atoms with E-state index in [0.29, 0.717) is 24.3 Å². The van der Waals surface area contributed by atoms with Crippen molar-refractivity contribution in [2.75, 3.05) is 11.9 Å². The van der Waals surface area contributed by atoms with Gasteiger partial charge in [0.2, 0.25) is 5.91 Å². The van der Waals surface area contributed by atoms with Gasteiger partial charge in [-0.1, -0.05) is 29.8 Å². The summed E-state index contributed by atoms with van der Waals surface area (Å²) >= 11 is 7.47. The number of hydrogen-bond donors (Lipinski definition) is 1. The van der Waals surface area contributed by atoms with Crippen LogP contribution < -0.4 is 5.32 Å². The van der Waals surface area contributed by atoms with Crippen LogP contribution >= 0.6 is 22.9 Å². The van der Waals surface area contributed by atoms with Crippen molar-refractivity contribution in [1.82, 2.24) is 4.90 Å². The van der Waals surface area contributed by atoms with Crippen LogP contribution in [0.5, 0.6) is 0 Å². The van der Waals surface area contributed by atoms with Crippen LogP contribution in [0, 0.1) is 11.3 Å². The van der Waals surface area contributed by atoms with Gasteiger partial charge >= 0.3 is 0 Å². The first kappa shape index (κ1) is 18.2. The molecule has 1 atom stereocenters. The maximum absolute atomic E-state index is 12.6. The quantitative estimate of drug-likeness (QED) is 0.750. The molecule has 0 bridgehead atoms. The van der Waals surface area contributed by atoms with Crippen LogP contribution in [0.15, 0.2) is 49.1 Å². The van der Waals surface area contributed by atoms with E-state index in [9.17, 15) is 4.79 Å². The van der Waals surface area contributed by atoms with Crippen molar-refractivity contribution in [3.05, 3.63) is 63.8 Å². The molecule has 0 spiro atoms. The van der Waals surface area contributed by atoms with Gasteiger partial charge in [-0.3, -0.25) is 9.69 Å². The summed E-state index contributed by atoms with van der Waals surface area (Å²) in [6, 6.07) is 12.5. The summed E-state index contributed by atoms with van der Waals surface area (Å²) in [5.74, 6) is -0.165.